The van der Waals surface area contributed by atoms with Crippen LogP contribution in [-0.4, -0.2) is 0 Å². The predicted octanol–water partition coefficient (Wildman–Crippen LogP) is 3.82. The maximum Gasteiger partial charge on any atom is -0.0386 e. The quantitative estimate of drug-likeness (QED) is 0.578. The zero-order valence-electron chi connectivity index (χ0n) is 7.81. The van der Waals surface area contributed by atoms with Gasteiger partial charge in [-0.05, 0) is 18.8 Å². The molecular formula is C11H21. The first-order valence-corrected chi connectivity index (χ1v) is 5.17. The summed E-state index contributed by atoms with van der Waals surface area (Å²) in [5.41, 5.74) is 0. The van der Waals surface area contributed by atoms with Gasteiger partial charge in [-0.25, -0.2) is 0 Å². The van der Waals surface area contributed by atoms with Crippen molar-refractivity contribution >= 4 is 0 Å². The highest BCUT2D eigenvalue weighted by Gasteiger charge is 2.19. The lowest BCUT2D eigenvalue weighted by atomic mass is 9.78. The lowest BCUT2D eigenvalue weighted by Gasteiger charge is -2.28. The van der Waals surface area contributed by atoms with Crippen LogP contribution in [-0.2, 0) is 0 Å². The van der Waals surface area contributed by atoms with Gasteiger partial charge in [-0.2, -0.15) is 0 Å². The molecule has 1 aliphatic rings. The fourth-order valence-electron chi connectivity index (χ4n) is 2.13. The Morgan fingerprint density at radius 2 is 2.00 bits per heavy atom. The van der Waals surface area contributed by atoms with Gasteiger partial charge in [-0.3, -0.25) is 0 Å². The zero-order valence-corrected chi connectivity index (χ0v) is 7.81. The van der Waals surface area contributed by atoms with E-state index in [1.54, 1.807) is 0 Å². The minimum atomic E-state index is 0.773. The molecule has 0 saturated heterocycles. The fraction of sp³-hybridized carbons (Fsp3) is 0.909. The monoisotopic (exact) mass is 153 g/mol. The molecule has 11 heavy (non-hydrogen) atoms. The molecule has 0 aromatic heterocycles. The lowest BCUT2D eigenvalue weighted by molar-refractivity contribution is 0.261. The van der Waals surface area contributed by atoms with Crippen molar-refractivity contribution < 1.29 is 0 Å². The van der Waals surface area contributed by atoms with E-state index in [-0.39, 0.29) is 0 Å². The van der Waals surface area contributed by atoms with Gasteiger partial charge in [0.05, 0.1) is 0 Å². The van der Waals surface area contributed by atoms with Crippen LogP contribution in [0.1, 0.15) is 51.9 Å². The minimum Gasteiger partial charge on any atom is -0.0654 e. The van der Waals surface area contributed by atoms with E-state index in [9.17, 15) is 0 Å². The van der Waals surface area contributed by atoms with Gasteiger partial charge in [0, 0.05) is 0 Å². The van der Waals surface area contributed by atoms with Gasteiger partial charge in [0.1, 0.15) is 0 Å². The van der Waals surface area contributed by atoms with Crippen molar-refractivity contribution in [3.8, 4) is 0 Å². The molecule has 1 saturated carbocycles. The summed E-state index contributed by atoms with van der Waals surface area (Å²) in [5.74, 6) is 1.74. The van der Waals surface area contributed by atoms with Crippen LogP contribution in [0.25, 0.3) is 0 Å². The van der Waals surface area contributed by atoms with E-state index in [2.05, 4.69) is 13.8 Å². The van der Waals surface area contributed by atoms with Crippen molar-refractivity contribution in [1.82, 2.24) is 0 Å². The van der Waals surface area contributed by atoms with Crippen molar-refractivity contribution in [3.63, 3.8) is 0 Å². The third kappa shape index (κ3) is 2.84. The predicted molar refractivity (Wildman–Crippen MR) is 50.3 cm³/mol. The summed E-state index contributed by atoms with van der Waals surface area (Å²) in [6, 6.07) is 0. The van der Waals surface area contributed by atoms with Crippen LogP contribution in [0.4, 0.5) is 0 Å². The number of rotatable bonds is 3. The van der Waals surface area contributed by atoms with Gasteiger partial charge in [-0.1, -0.05) is 51.9 Å². The highest BCUT2D eigenvalue weighted by molar-refractivity contribution is 4.76. The van der Waals surface area contributed by atoms with Crippen LogP contribution in [0.3, 0.4) is 0 Å². The molecule has 0 aliphatic heterocycles. The summed E-state index contributed by atoms with van der Waals surface area (Å²) in [6.45, 7) is 6.51. The van der Waals surface area contributed by atoms with Crippen molar-refractivity contribution in [3.05, 3.63) is 6.92 Å². The molecule has 0 heterocycles. The average molecular weight is 153 g/mol. The molecule has 1 rings (SSSR count). The first kappa shape index (κ1) is 9.09. The Hall–Kier alpha value is 0. The maximum absolute atomic E-state index is 4.23. The topological polar surface area (TPSA) is 0 Å². The summed E-state index contributed by atoms with van der Waals surface area (Å²) >= 11 is 0. The molecule has 1 fully saturated rings. The Labute approximate surface area is 71.4 Å². The van der Waals surface area contributed by atoms with Gasteiger partial charge in [0.15, 0.2) is 0 Å². The molecule has 1 radical (unpaired) electrons. The second kappa shape index (κ2) is 4.79. The number of hydrogen-bond donors (Lipinski definition) is 0. The van der Waals surface area contributed by atoms with E-state index < -0.39 is 0 Å². The summed E-state index contributed by atoms with van der Waals surface area (Å²) in [6.07, 6.45) is 9.92. The molecule has 0 N–H and O–H groups in total. The van der Waals surface area contributed by atoms with Crippen LogP contribution >= 0.6 is 0 Å². The Bertz CT molecular complexity index is 96.2. The molecule has 0 aromatic carbocycles. The number of hydrogen-bond acceptors (Lipinski definition) is 0. The third-order valence-electron chi connectivity index (χ3n) is 2.99. The molecule has 0 bridgehead atoms. The largest absolute Gasteiger partial charge is 0.0654 e. The first-order chi connectivity index (χ1) is 5.34. The third-order valence-corrected chi connectivity index (χ3v) is 2.99. The van der Waals surface area contributed by atoms with E-state index in [4.69, 9.17) is 0 Å². The smallest absolute Gasteiger partial charge is 0.0386 e. The summed E-state index contributed by atoms with van der Waals surface area (Å²) in [4.78, 5) is 0. The number of unbranched alkanes of at least 4 members (excludes halogenated alkanes) is 1. The SMILES string of the molecule is [CH2]C1CCCCC1CCCC. The van der Waals surface area contributed by atoms with E-state index in [1.165, 1.54) is 44.9 Å². The fourth-order valence-corrected chi connectivity index (χ4v) is 2.13. The molecule has 1 aliphatic carbocycles. The summed E-state index contributed by atoms with van der Waals surface area (Å²) < 4.78 is 0. The van der Waals surface area contributed by atoms with Crippen LogP contribution in [0, 0.1) is 18.8 Å². The molecule has 0 nitrogen and oxygen atoms in total. The van der Waals surface area contributed by atoms with Gasteiger partial charge >= 0.3 is 0 Å². The van der Waals surface area contributed by atoms with Crippen molar-refractivity contribution in [2.45, 2.75) is 51.9 Å². The van der Waals surface area contributed by atoms with Crippen LogP contribution in [0.15, 0.2) is 0 Å². The van der Waals surface area contributed by atoms with Crippen molar-refractivity contribution in [1.29, 1.82) is 0 Å². The maximum atomic E-state index is 4.23. The second-order valence-corrected chi connectivity index (χ2v) is 3.95. The normalized spacial score (nSPS) is 32.2. The highest BCUT2D eigenvalue weighted by atomic mass is 14.3. The van der Waals surface area contributed by atoms with Crippen LogP contribution in [0.2, 0.25) is 0 Å². The van der Waals surface area contributed by atoms with E-state index in [0.717, 1.165) is 11.8 Å². The van der Waals surface area contributed by atoms with Crippen LogP contribution in [0.5, 0.6) is 0 Å². The Balaban J connectivity index is 2.18. The van der Waals surface area contributed by atoms with Gasteiger partial charge in [0.25, 0.3) is 0 Å². The summed E-state index contributed by atoms with van der Waals surface area (Å²) in [7, 11) is 0. The first-order valence-electron chi connectivity index (χ1n) is 5.17. The molecular weight excluding hydrogens is 132 g/mol. The Morgan fingerprint density at radius 1 is 1.27 bits per heavy atom. The molecule has 2 unspecified atom stereocenters. The lowest BCUT2D eigenvalue weighted by Crippen LogP contribution is -2.16. The average Bonchev–Trinajstić information content (AvgIpc) is 2.03. The van der Waals surface area contributed by atoms with Crippen molar-refractivity contribution in [2.24, 2.45) is 11.8 Å². The molecule has 0 aromatic rings. The second-order valence-electron chi connectivity index (χ2n) is 3.95. The molecule has 0 spiro atoms. The summed E-state index contributed by atoms with van der Waals surface area (Å²) in [5, 5.41) is 0. The van der Waals surface area contributed by atoms with Gasteiger partial charge in [0.2, 0.25) is 0 Å². The Kier molecular flexibility index (Phi) is 3.96. The highest BCUT2D eigenvalue weighted by Crippen LogP contribution is 2.32. The molecule has 0 amide bonds. The standard InChI is InChI=1S/C11H21/c1-3-4-8-11-9-6-5-7-10(11)2/h10-11H,2-9H2,1H3. The Morgan fingerprint density at radius 3 is 2.64 bits per heavy atom. The van der Waals surface area contributed by atoms with Gasteiger partial charge < -0.3 is 0 Å². The zero-order chi connectivity index (χ0) is 8.10. The van der Waals surface area contributed by atoms with Crippen molar-refractivity contribution in [2.75, 3.05) is 0 Å². The van der Waals surface area contributed by atoms with Gasteiger partial charge in [-0.15, -0.1) is 0 Å². The van der Waals surface area contributed by atoms with E-state index >= 15 is 0 Å². The molecule has 0 heteroatoms. The van der Waals surface area contributed by atoms with E-state index in [0.29, 0.717) is 0 Å². The molecule has 2 atom stereocenters. The van der Waals surface area contributed by atoms with E-state index in [1.807, 2.05) is 0 Å². The molecule has 65 valence electrons. The van der Waals surface area contributed by atoms with Crippen LogP contribution < -0.4 is 0 Å². The minimum absolute atomic E-state index is 0.773.